The molecule has 0 saturated carbocycles. The van der Waals surface area contributed by atoms with Crippen LogP contribution in [-0.2, 0) is 14.3 Å². The number of esters is 1. The van der Waals surface area contributed by atoms with E-state index >= 15 is 0 Å². The standard InChI is InChI=1S/C15H13NO5/c1-9(17)16-8-11(12-5-3-4-6-13(12)16)7-14(15(19)20)21-10(2)18/h3-8H,1-2H3,(H,19,20)/p-1/b14-7+. The predicted molar refractivity (Wildman–Crippen MR) is 73.0 cm³/mol. The van der Waals surface area contributed by atoms with Crippen LogP contribution in [0.25, 0.3) is 17.0 Å². The van der Waals surface area contributed by atoms with Crippen molar-refractivity contribution in [2.45, 2.75) is 13.8 Å². The molecular weight excluding hydrogens is 274 g/mol. The number of carbonyl (C=O) groups excluding carboxylic acids is 3. The molecule has 1 aromatic heterocycles. The lowest BCUT2D eigenvalue weighted by molar-refractivity contribution is -0.302. The van der Waals surface area contributed by atoms with Crippen LogP contribution in [0.1, 0.15) is 24.2 Å². The Morgan fingerprint density at radius 2 is 1.86 bits per heavy atom. The van der Waals surface area contributed by atoms with Crippen molar-refractivity contribution in [2.24, 2.45) is 0 Å². The van der Waals surface area contributed by atoms with Gasteiger partial charge in [0.2, 0.25) is 5.91 Å². The molecule has 0 aliphatic heterocycles. The summed E-state index contributed by atoms with van der Waals surface area (Å²) in [5.41, 5.74) is 1.08. The highest BCUT2D eigenvalue weighted by Gasteiger charge is 2.11. The molecule has 6 heteroatoms. The Bertz CT molecular complexity index is 769. The Hall–Kier alpha value is -2.89. The van der Waals surface area contributed by atoms with E-state index in [0.717, 1.165) is 6.92 Å². The van der Waals surface area contributed by atoms with Gasteiger partial charge in [-0.2, -0.15) is 0 Å². The van der Waals surface area contributed by atoms with Crippen molar-refractivity contribution < 1.29 is 24.2 Å². The number of aromatic nitrogens is 1. The first kappa shape index (κ1) is 14.5. The van der Waals surface area contributed by atoms with Gasteiger partial charge in [0.15, 0.2) is 5.76 Å². The van der Waals surface area contributed by atoms with E-state index < -0.39 is 17.7 Å². The van der Waals surface area contributed by atoms with E-state index in [0.29, 0.717) is 16.5 Å². The minimum absolute atomic E-state index is 0.215. The maximum Gasteiger partial charge on any atom is 0.308 e. The van der Waals surface area contributed by atoms with Crippen LogP contribution in [0.15, 0.2) is 36.2 Å². The van der Waals surface area contributed by atoms with E-state index in [1.807, 2.05) is 0 Å². The van der Waals surface area contributed by atoms with E-state index in [4.69, 9.17) is 0 Å². The van der Waals surface area contributed by atoms with Gasteiger partial charge in [0.1, 0.15) is 5.97 Å². The van der Waals surface area contributed by atoms with Gasteiger partial charge in [0.05, 0.1) is 5.52 Å². The van der Waals surface area contributed by atoms with E-state index in [-0.39, 0.29) is 5.91 Å². The van der Waals surface area contributed by atoms with Crippen molar-refractivity contribution in [1.29, 1.82) is 0 Å². The summed E-state index contributed by atoms with van der Waals surface area (Å²) >= 11 is 0. The van der Waals surface area contributed by atoms with Crippen molar-refractivity contribution in [3.63, 3.8) is 0 Å². The van der Waals surface area contributed by atoms with Crippen LogP contribution in [0.5, 0.6) is 0 Å². The summed E-state index contributed by atoms with van der Waals surface area (Å²) < 4.78 is 5.99. The summed E-state index contributed by atoms with van der Waals surface area (Å²) in [5, 5.41) is 11.7. The number of hydrogen-bond donors (Lipinski definition) is 0. The summed E-state index contributed by atoms with van der Waals surface area (Å²) in [7, 11) is 0. The summed E-state index contributed by atoms with van der Waals surface area (Å²) in [6.45, 7) is 2.49. The Morgan fingerprint density at radius 1 is 1.19 bits per heavy atom. The largest absolute Gasteiger partial charge is 0.542 e. The van der Waals surface area contributed by atoms with Crippen LogP contribution < -0.4 is 5.11 Å². The van der Waals surface area contributed by atoms with Crippen molar-refractivity contribution in [3.05, 3.63) is 41.8 Å². The summed E-state index contributed by atoms with van der Waals surface area (Å²) in [4.78, 5) is 33.5. The van der Waals surface area contributed by atoms with Crippen LogP contribution in [0.4, 0.5) is 0 Å². The Morgan fingerprint density at radius 3 is 2.43 bits per heavy atom. The number of para-hydroxylation sites is 1. The molecule has 0 unspecified atom stereocenters. The van der Waals surface area contributed by atoms with Crippen LogP contribution in [0, 0.1) is 0 Å². The smallest absolute Gasteiger partial charge is 0.308 e. The average molecular weight is 286 g/mol. The molecular formula is C15H12NO5-. The van der Waals surface area contributed by atoms with E-state index in [1.165, 1.54) is 23.8 Å². The first-order valence-electron chi connectivity index (χ1n) is 6.12. The second kappa shape index (κ2) is 5.62. The maximum absolute atomic E-state index is 11.6. The average Bonchev–Trinajstić information content (AvgIpc) is 2.77. The predicted octanol–water partition coefficient (Wildman–Crippen LogP) is 0.955. The zero-order valence-electron chi connectivity index (χ0n) is 11.5. The highest BCUT2D eigenvalue weighted by atomic mass is 16.6. The molecule has 0 atom stereocenters. The Balaban J connectivity index is 2.63. The van der Waals surface area contributed by atoms with Crippen LogP contribution >= 0.6 is 0 Å². The lowest BCUT2D eigenvalue weighted by Crippen LogP contribution is -2.26. The number of carbonyl (C=O) groups is 3. The third-order valence-electron chi connectivity index (χ3n) is 2.82. The highest BCUT2D eigenvalue weighted by molar-refractivity contribution is 6.00. The fraction of sp³-hybridized carbons (Fsp3) is 0.133. The molecule has 1 heterocycles. The summed E-state index contributed by atoms with van der Waals surface area (Å²) in [6, 6.07) is 7.00. The molecule has 0 fully saturated rings. The van der Waals surface area contributed by atoms with Gasteiger partial charge in [0, 0.05) is 31.0 Å². The van der Waals surface area contributed by atoms with Gasteiger partial charge in [-0.05, 0) is 12.1 Å². The number of carboxylic acid groups (broad SMARTS) is 1. The van der Waals surface area contributed by atoms with Crippen LogP contribution in [-0.4, -0.2) is 22.4 Å². The third-order valence-corrected chi connectivity index (χ3v) is 2.82. The van der Waals surface area contributed by atoms with Gasteiger partial charge >= 0.3 is 5.97 Å². The minimum atomic E-state index is -1.61. The summed E-state index contributed by atoms with van der Waals surface area (Å²) in [5.74, 6) is -3.19. The van der Waals surface area contributed by atoms with Gasteiger partial charge in [-0.1, -0.05) is 18.2 Å². The molecule has 0 bridgehead atoms. The number of nitrogens with zero attached hydrogens (tertiary/aromatic N) is 1. The molecule has 0 radical (unpaired) electrons. The molecule has 0 aliphatic rings. The Kier molecular flexibility index (Phi) is 3.89. The minimum Gasteiger partial charge on any atom is -0.542 e. The number of hydrogen-bond acceptors (Lipinski definition) is 5. The van der Waals surface area contributed by atoms with Crippen LogP contribution in [0.2, 0.25) is 0 Å². The molecule has 0 N–H and O–H groups in total. The van der Waals surface area contributed by atoms with Crippen molar-refractivity contribution >= 4 is 34.8 Å². The molecule has 0 amide bonds. The fourth-order valence-corrected chi connectivity index (χ4v) is 2.01. The highest BCUT2D eigenvalue weighted by Crippen LogP contribution is 2.23. The number of rotatable bonds is 3. The molecule has 6 nitrogen and oxygen atoms in total. The zero-order chi connectivity index (χ0) is 15.6. The maximum atomic E-state index is 11.6. The van der Waals surface area contributed by atoms with Gasteiger partial charge in [-0.25, -0.2) is 0 Å². The van der Waals surface area contributed by atoms with Crippen molar-refractivity contribution in [3.8, 4) is 0 Å². The van der Waals surface area contributed by atoms with E-state index in [2.05, 4.69) is 4.74 Å². The SMILES string of the molecule is CC(=O)O/C(=C/c1cn(C(C)=O)c2ccccc12)C(=O)[O-]. The number of ether oxygens (including phenoxy) is 1. The lowest BCUT2D eigenvalue weighted by Gasteiger charge is -2.07. The molecule has 0 saturated heterocycles. The molecule has 0 aliphatic carbocycles. The second-order valence-electron chi connectivity index (χ2n) is 4.38. The summed E-state index contributed by atoms with van der Waals surface area (Å²) in [6.07, 6.45) is 2.65. The molecule has 0 spiro atoms. The zero-order valence-corrected chi connectivity index (χ0v) is 11.5. The number of fused-ring (bicyclic) bond motifs is 1. The van der Waals surface area contributed by atoms with E-state index in [1.54, 1.807) is 24.3 Å². The first-order valence-corrected chi connectivity index (χ1v) is 6.12. The van der Waals surface area contributed by atoms with Gasteiger partial charge < -0.3 is 14.6 Å². The number of benzene rings is 1. The van der Waals surface area contributed by atoms with Crippen molar-refractivity contribution in [2.75, 3.05) is 0 Å². The van der Waals surface area contributed by atoms with Gasteiger partial charge in [-0.3, -0.25) is 14.2 Å². The number of aliphatic carboxylic acids is 1. The lowest BCUT2D eigenvalue weighted by atomic mass is 10.1. The first-order chi connectivity index (χ1) is 9.90. The topological polar surface area (TPSA) is 88.4 Å². The quantitative estimate of drug-likeness (QED) is 0.476. The third kappa shape index (κ3) is 3.00. The second-order valence-corrected chi connectivity index (χ2v) is 4.38. The molecule has 2 aromatic rings. The van der Waals surface area contributed by atoms with Crippen molar-refractivity contribution in [1.82, 2.24) is 4.57 Å². The normalized spacial score (nSPS) is 11.4. The molecule has 1 aromatic carbocycles. The van der Waals surface area contributed by atoms with Gasteiger partial charge in [0.25, 0.3) is 0 Å². The van der Waals surface area contributed by atoms with E-state index in [9.17, 15) is 19.5 Å². The molecule has 2 rings (SSSR count). The fourth-order valence-electron chi connectivity index (χ4n) is 2.01. The van der Waals surface area contributed by atoms with Crippen LogP contribution in [0.3, 0.4) is 0 Å². The Labute approximate surface area is 120 Å². The molecule has 21 heavy (non-hydrogen) atoms. The monoisotopic (exact) mass is 286 g/mol. The van der Waals surface area contributed by atoms with Gasteiger partial charge in [-0.15, -0.1) is 0 Å². The number of carboxylic acids is 1. The molecule has 108 valence electrons.